The Hall–Kier alpha value is -0.380. The van der Waals surface area contributed by atoms with E-state index in [9.17, 15) is 0 Å². The maximum absolute atomic E-state index is 6.34. The van der Waals surface area contributed by atoms with Gasteiger partial charge < -0.3 is 10.6 Å². The van der Waals surface area contributed by atoms with Crippen LogP contribution in [0.3, 0.4) is 0 Å². The summed E-state index contributed by atoms with van der Waals surface area (Å²) in [5, 5.41) is 1.54. The Morgan fingerprint density at radius 3 is 2.94 bits per heavy atom. The van der Waals surface area contributed by atoms with Crippen molar-refractivity contribution in [1.82, 2.24) is 0 Å². The zero-order valence-corrected chi connectivity index (χ0v) is 12.6. The predicted molar refractivity (Wildman–Crippen MR) is 82.9 cm³/mol. The van der Waals surface area contributed by atoms with E-state index in [0.717, 1.165) is 30.1 Å². The number of hydrogen-bond acceptors (Lipinski definition) is 3. The number of thioether (sulfide) groups is 1. The molecule has 100 valence electrons. The molecule has 1 aromatic carbocycles. The van der Waals surface area contributed by atoms with Crippen molar-refractivity contribution in [1.29, 1.82) is 0 Å². The summed E-state index contributed by atoms with van der Waals surface area (Å²) in [5.74, 6) is 1.19. The third-order valence-electron chi connectivity index (χ3n) is 3.18. The molecule has 2 nitrogen and oxygen atoms in total. The number of nitrogens with zero attached hydrogens (tertiary/aromatic N) is 1. The Kier molecular flexibility index (Phi) is 4.82. The van der Waals surface area contributed by atoms with Gasteiger partial charge in [-0.2, -0.15) is 11.8 Å². The van der Waals surface area contributed by atoms with Crippen molar-refractivity contribution in [3.63, 3.8) is 0 Å². The second kappa shape index (κ2) is 6.18. The molecule has 0 saturated carbocycles. The Morgan fingerprint density at radius 2 is 2.33 bits per heavy atom. The molecule has 4 heteroatoms. The van der Waals surface area contributed by atoms with Crippen LogP contribution in [0, 0.1) is 0 Å². The fraction of sp³-hybridized carbons (Fsp3) is 0.571. The summed E-state index contributed by atoms with van der Waals surface area (Å²) < 4.78 is 0. The molecule has 2 unspecified atom stereocenters. The lowest BCUT2D eigenvalue weighted by Crippen LogP contribution is -2.36. The van der Waals surface area contributed by atoms with Gasteiger partial charge in [0.15, 0.2) is 0 Å². The zero-order valence-electron chi connectivity index (χ0n) is 11.0. The van der Waals surface area contributed by atoms with Crippen molar-refractivity contribution in [3.8, 4) is 0 Å². The van der Waals surface area contributed by atoms with E-state index in [1.807, 2.05) is 18.7 Å². The fourth-order valence-electron chi connectivity index (χ4n) is 2.30. The molecule has 1 saturated heterocycles. The summed E-state index contributed by atoms with van der Waals surface area (Å²) in [6.07, 6.45) is 0.839. The zero-order chi connectivity index (χ0) is 13.1. The normalized spacial score (nSPS) is 22.0. The van der Waals surface area contributed by atoms with E-state index >= 15 is 0 Å². The van der Waals surface area contributed by atoms with E-state index in [-0.39, 0.29) is 6.04 Å². The second-order valence-electron chi connectivity index (χ2n) is 5.08. The molecule has 1 heterocycles. The molecule has 18 heavy (non-hydrogen) atoms. The molecule has 1 aliphatic heterocycles. The van der Waals surface area contributed by atoms with Crippen molar-refractivity contribution >= 4 is 29.1 Å². The van der Waals surface area contributed by atoms with Crippen LogP contribution in [0.2, 0.25) is 5.02 Å². The molecule has 1 fully saturated rings. The molecule has 0 amide bonds. The van der Waals surface area contributed by atoms with Crippen molar-refractivity contribution in [3.05, 3.63) is 28.8 Å². The first-order valence-electron chi connectivity index (χ1n) is 6.47. The van der Waals surface area contributed by atoms with Crippen LogP contribution in [0.1, 0.15) is 19.4 Å². The summed E-state index contributed by atoms with van der Waals surface area (Å²) in [7, 11) is 0. The molecular formula is C14H21ClN2S. The highest BCUT2D eigenvalue weighted by molar-refractivity contribution is 8.00. The molecule has 0 aliphatic carbocycles. The van der Waals surface area contributed by atoms with Crippen LogP contribution in [-0.2, 0) is 6.42 Å². The van der Waals surface area contributed by atoms with E-state index in [0.29, 0.717) is 5.25 Å². The summed E-state index contributed by atoms with van der Waals surface area (Å²) >= 11 is 8.38. The molecule has 2 rings (SSSR count). The van der Waals surface area contributed by atoms with Gasteiger partial charge in [-0.3, -0.25) is 0 Å². The Bertz CT molecular complexity index is 409. The van der Waals surface area contributed by atoms with Gasteiger partial charge in [-0.1, -0.05) is 24.6 Å². The average molecular weight is 285 g/mol. The minimum Gasteiger partial charge on any atom is -0.370 e. The first-order chi connectivity index (χ1) is 8.56. The first kappa shape index (κ1) is 14.0. The predicted octanol–water partition coefficient (Wildman–Crippen LogP) is 3.17. The lowest BCUT2D eigenvalue weighted by molar-refractivity contribution is 0.737. The number of nitrogens with two attached hydrogens (primary N) is 1. The van der Waals surface area contributed by atoms with Gasteiger partial charge in [-0.15, -0.1) is 0 Å². The third-order valence-corrected chi connectivity index (χ3v) is 4.67. The molecule has 1 aromatic rings. The van der Waals surface area contributed by atoms with Gasteiger partial charge in [0.2, 0.25) is 0 Å². The van der Waals surface area contributed by atoms with Crippen molar-refractivity contribution in [2.75, 3.05) is 23.7 Å². The quantitative estimate of drug-likeness (QED) is 0.924. The molecule has 0 bridgehead atoms. The summed E-state index contributed by atoms with van der Waals surface area (Å²) in [4.78, 5) is 2.42. The van der Waals surface area contributed by atoms with Gasteiger partial charge in [-0.05, 0) is 31.0 Å². The molecule has 0 spiro atoms. The van der Waals surface area contributed by atoms with Crippen LogP contribution in [0.15, 0.2) is 18.2 Å². The van der Waals surface area contributed by atoms with Crippen LogP contribution in [0.25, 0.3) is 0 Å². The Labute approximate surface area is 119 Å². The van der Waals surface area contributed by atoms with Crippen molar-refractivity contribution in [2.45, 2.75) is 31.6 Å². The van der Waals surface area contributed by atoms with Gasteiger partial charge >= 0.3 is 0 Å². The average Bonchev–Trinajstić information content (AvgIpc) is 2.31. The number of halogens is 1. The van der Waals surface area contributed by atoms with Crippen LogP contribution >= 0.6 is 23.4 Å². The maximum atomic E-state index is 6.34. The van der Waals surface area contributed by atoms with E-state index in [2.05, 4.69) is 30.0 Å². The topological polar surface area (TPSA) is 29.3 Å². The lowest BCUT2D eigenvalue weighted by Gasteiger charge is -2.32. The van der Waals surface area contributed by atoms with E-state index in [1.54, 1.807) is 0 Å². The number of hydrogen-bond donors (Lipinski definition) is 1. The monoisotopic (exact) mass is 284 g/mol. The molecular weight excluding hydrogens is 264 g/mol. The van der Waals surface area contributed by atoms with Crippen molar-refractivity contribution < 1.29 is 0 Å². The van der Waals surface area contributed by atoms with E-state index in [1.165, 1.54) is 11.4 Å². The lowest BCUT2D eigenvalue weighted by atomic mass is 10.1. The minimum absolute atomic E-state index is 0.153. The van der Waals surface area contributed by atoms with Gasteiger partial charge in [0, 0.05) is 40.8 Å². The smallest absolute Gasteiger partial charge is 0.0459 e. The first-order valence-corrected chi connectivity index (χ1v) is 7.89. The van der Waals surface area contributed by atoms with Gasteiger partial charge in [-0.25, -0.2) is 0 Å². The number of rotatable bonds is 3. The van der Waals surface area contributed by atoms with Gasteiger partial charge in [0.1, 0.15) is 0 Å². The highest BCUT2D eigenvalue weighted by Crippen LogP contribution is 2.28. The van der Waals surface area contributed by atoms with Gasteiger partial charge in [0.25, 0.3) is 0 Å². The number of benzene rings is 1. The summed E-state index contributed by atoms with van der Waals surface area (Å²) in [5.41, 5.74) is 8.21. The largest absolute Gasteiger partial charge is 0.370 e. The maximum Gasteiger partial charge on any atom is 0.0459 e. The highest BCUT2D eigenvalue weighted by atomic mass is 35.5. The van der Waals surface area contributed by atoms with E-state index < -0.39 is 0 Å². The van der Waals surface area contributed by atoms with Gasteiger partial charge in [0.05, 0.1) is 0 Å². The van der Waals surface area contributed by atoms with E-state index in [4.69, 9.17) is 17.3 Å². The summed E-state index contributed by atoms with van der Waals surface area (Å²) in [6, 6.07) is 6.53. The van der Waals surface area contributed by atoms with Crippen LogP contribution in [0.4, 0.5) is 5.69 Å². The SMILES string of the molecule is CC(N)Cc1ccc(N2CCSC(C)C2)cc1Cl. The highest BCUT2D eigenvalue weighted by Gasteiger charge is 2.17. The minimum atomic E-state index is 0.153. The number of anilines is 1. The summed E-state index contributed by atoms with van der Waals surface area (Å²) in [6.45, 7) is 6.50. The molecule has 2 N–H and O–H groups in total. The molecule has 0 aromatic heterocycles. The molecule has 0 radical (unpaired) electrons. The Balaban J connectivity index is 2.12. The van der Waals surface area contributed by atoms with Crippen molar-refractivity contribution in [2.24, 2.45) is 5.73 Å². The standard InChI is InChI=1S/C14H21ClN2S/c1-10(16)7-12-3-4-13(8-14(12)15)17-5-6-18-11(2)9-17/h3-4,8,10-11H,5-7,9,16H2,1-2H3. The Morgan fingerprint density at radius 1 is 1.56 bits per heavy atom. The molecule has 2 atom stereocenters. The fourth-order valence-corrected chi connectivity index (χ4v) is 3.56. The van der Waals surface area contributed by atoms with Crippen LogP contribution in [0.5, 0.6) is 0 Å². The van der Waals surface area contributed by atoms with Crippen LogP contribution in [-0.4, -0.2) is 30.1 Å². The molecule has 1 aliphatic rings. The second-order valence-corrected chi connectivity index (χ2v) is 7.04. The third kappa shape index (κ3) is 3.56. The van der Waals surface area contributed by atoms with Crippen LogP contribution < -0.4 is 10.6 Å².